The lowest BCUT2D eigenvalue weighted by atomic mass is 9.76. The maximum atomic E-state index is 14.1. The Morgan fingerprint density at radius 3 is 2.30 bits per heavy atom. The average Bonchev–Trinajstić information content (AvgIpc) is 2.40. The number of hydrogen-bond acceptors (Lipinski definition) is 2. The second kappa shape index (κ2) is 6.26. The fourth-order valence-corrected chi connectivity index (χ4v) is 3.31. The van der Waals surface area contributed by atoms with Crippen LogP contribution < -0.4 is 0 Å². The zero-order valence-electron chi connectivity index (χ0n) is 15.3. The highest BCUT2D eigenvalue weighted by molar-refractivity contribution is 5.93. The molecule has 0 heterocycles. The summed E-state index contributed by atoms with van der Waals surface area (Å²) < 4.78 is 19.7. The number of esters is 1. The Balaban J connectivity index is 2.37. The van der Waals surface area contributed by atoms with Crippen molar-refractivity contribution in [1.29, 1.82) is 0 Å². The van der Waals surface area contributed by atoms with Crippen molar-refractivity contribution in [2.45, 2.75) is 84.4 Å². The third-order valence-corrected chi connectivity index (χ3v) is 4.84. The van der Waals surface area contributed by atoms with Gasteiger partial charge in [-0.1, -0.05) is 12.1 Å². The van der Waals surface area contributed by atoms with Gasteiger partial charge >= 0.3 is 5.97 Å². The van der Waals surface area contributed by atoms with Gasteiger partial charge in [0.1, 0.15) is 11.3 Å². The van der Waals surface area contributed by atoms with Crippen molar-refractivity contribution in [2.75, 3.05) is 0 Å². The summed E-state index contributed by atoms with van der Waals surface area (Å²) in [5.74, 6) is -0.0251. The zero-order valence-corrected chi connectivity index (χ0v) is 15.3. The first-order valence-corrected chi connectivity index (χ1v) is 8.52. The molecule has 0 spiro atoms. The maximum Gasteiger partial charge on any atom is 0.339 e. The molecule has 0 unspecified atom stereocenters. The van der Waals surface area contributed by atoms with Crippen LogP contribution in [0.4, 0.5) is 4.39 Å². The van der Waals surface area contributed by atoms with Crippen LogP contribution in [0.3, 0.4) is 0 Å². The number of ether oxygens (including phenoxy) is 1. The summed E-state index contributed by atoms with van der Waals surface area (Å²) in [6.07, 6.45) is 2.67. The summed E-state index contributed by atoms with van der Waals surface area (Å²) in [5, 5.41) is 0. The van der Waals surface area contributed by atoms with Crippen molar-refractivity contribution < 1.29 is 13.9 Å². The average molecular weight is 320 g/mol. The van der Waals surface area contributed by atoms with Crippen molar-refractivity contribution in [3.63, 3.8) is 0 Å². The number of carbonyl (C=O) groups is 1. The van der Waals surface area contributed by atoms with Gasteiger partial charge in [0, 0.05) is 0 Å². The number of alkyl halides is 1. The fraction of sp³-hybridized carbons (Fsp3) is 0.650. The molecule has 23 heavy (non-hydrogen) atoms. The monoisotopic (exact) mass is 320 g/mol. The van der Waals surface area contributed by atoms with Gasteiger partial charge < -0.3 is 4.74 Å². The van der Waals surface area contributed by atoms with E-state index in [0.29, 0.717) is 18.4 Å². The topological polar surface area (TPSA) is 26.3 Å². The van der Waals surface area contributed by atoms with Crippen LogP contribution in [0, 0.1) is 13.8 Å². The fourth-order valence-electron chi connectivity index (χ4n) is 3.31. The van der Waals surface area contributed by atoms with E-state index in [-0.39, 0.29) is 11.9 Å². The highest BCUT2D eigenvalue weighted by Gasteiger charge is 2.34. The van der Waals surface area contributed by atoms with Gasteiger partial charge in [0.05, 0.1) is 5.56 Å². The first-order chi connectivity index (χ1) is 10.5. The largest absolute Gasteiger partial charge is 0.456 e. The van der Waals surface area contributed by atoms with E-state index < -0.39 is 11.3 Å². The van der Waals surface area contributed by atoms with Crippen LogP contribution in [0.1, 0.15) is 86.3 Å². The Bertz CT molecular complexity index is 586. The Hall–Kier alpha value is -1.38. The zero-order chi connectivity index (χ0) is 17.4. The minimum Gasteiger partial charge on any atom is -0.456 e. The molecular weight excluding hydrogens is 291 g/mol. The quantitative estimate of drug-likeness (QED) is 0.659. The first-order valence-electron chi connectivity index (χ1n) is 8.52. The van der Waals surface area contributed by atoms with E-state index >= 15 is 0 Å². The summed E-state index contributed by atoms with van der Waals surface area (Å²) >= 11 is 0. The highest BCUT2D eigenvalue weighted by atomic mass is 19.1. The molecule has 1 aliphatic rings. The number of benzene rings is 1. The van der Waals surface area contributed by atoms with E-state index in [1.807, 2.05) is 40.7 Å². The van der Waals surface area contributed by atoms with Gasteiger partial charge in [-0.3, -0.25) is 0 Å². The molecule has 1 saturated carbocycles. The second-order valence-electron chi connectivity index (χ2n) is 8.16. The molecule has 0 radical (unpaired) electrons. The minimum absolute atomic E-state index is 0.237. The molecule has 0 saturated heterocycles. The predicted molar refractivity (Wildman–Crippen MR) is 91.8 cm³/mol. The summed E-state index contributed by atoms with van der Waals surface area (Å²) in [6, 6.07) is 4.09. The van der Waals surface area contributed by atoms with Crippen LogP contribution in [0.25, 0.3) is 0 Å². The molecule has 3 heteroatoms. The molecule has 2 rings (SSSR count). The highest BCUT2D eigenvalue weighted by Crippen LogP contribution is 2.41. The van der Waals surface area contributed by atoms with Crippen molar-refractivity contribution in [3.05, 3.63) is 34.4 Å². The Morgan fingerprint density at radius 1 is 1.22 bits per heavy atom. The molecule has 128 valence electrons. The number of aryl methyl sites for hydroxylation is 1. The van der Waals surface area contributed by atoms with E-state index in [2.05, 4.69) is 6.07 Å². The smallest absolute Gasteiger partial charge is 0.339 e. The van der Waals surface area contributed by atoms with Crippen LogP contribution >= 0.6 is 0 Å². The van der Waals surface area contributed by atoms with E-state index in [4.69, 9.17) is 4.74 Å². The van der Waals surface area contributed by atoms with E-state index in [9.17, 15) is 9.18 Å². The van der Waals surface area contributed by atoms with Crippen molar-refractivity contribution in [3.8, 4) is 0 Å². The summed E-state index contributed by atoms with van der Waals surface area (Å²) in [4.78, 5) is 12.7. The molecule has 1 aromatic carbocycles. The molecule has 1 fully saturated rings. The summed E-state index contributed by atoms with van der Waals surface area (Å²) in [7, 11) is 0. The lowest BCUT2D eigenvalue weighted by Crippen LogP contribution is -2.28. The molecule has 0 amide bonds. The van der Waals surface area contributed by atoms with E-state index in [0.717, 1.165) is 29.5 Å². The summed E-state index contributed by atoms with van der Waals surface area (Å²) in [6.45, 7) is 11.3. The van der Waals surface area contributed by atoms with Gasteiger partial charge in [-0.05, 0) is 89.8 Å². The van der Waals surface area contributed by atoms with Crippen molar-refractivity contribution in [1.82, 2.24) is 0 Å². The van der Waals surface area contributed by atoms with E-state index in [1.54, 1.807) is 6.92 Å². The van der Waals surface area contributed by atoms with Crippen LogP contribution in [0.15, 0.2) is 12.1 Å². The van der Waals surface area contributed by atoms with Crippen molar-refractivity contribution >= 4 is 5.97 Å². The number of halogens is 1. The molecule has 0 aliphatic heterocycles. The molecule has 1 aliphatic carbocycles. The Labute approximate surface area is 139 Å². The first kappa shape index (κ1) is 18.0. The Morgan fingerprint density at radius 2 is 1.78 bits per heavy atom. The maximum absolute atomic E-state index is 14.1. The minimum atomic E-state index is -1.07. The SMILES string of the molecule is Cc1ccc(C2CCC(C)(F)CC2)c(C(=O)OC(C)(C)C)c1C. The van der Waals surface area contributed by atoms with Crippen LogP contribution in [0.2, 0.25) is 0 Å². The third-order valence-electron chi connectivity index (χ3n) is 4.84. The molecule has 0 aromatic heterocycles. The number of hydrogen-bond donors (Lipinski definition) is 0. The van der Waals surface area contributed by atoms with Gasteiger partial charge in [-0.25, -0.2) is 9.18 Å². The van der Waals surface area contributed by atoms with E-state index in [1.165, 1.54) is 0 Å². The van der Waals surface area contributed by atoms with Gasteiger partial charge in [0.15, 0.2) is 0 Å². The predicted octanol–water partition coefficient (Wildman–Crippen LogP) is 5.64. The molecule has 0 bridgehead atoms. The van der Waals surface area contributed by atoms with Crippen molar-refractivity contribution in [2.24, 2.45) is 0 Å². The van der Waals surface area contributed by atoms with Crippen LogP contribution in [-0.4, -0.2) is 17.2 Å². The Kier molecular flexibility index (Phi) is 4.89. The normalized spacial score (nSPS) is 25.3. The van der Waals surface area contributed by atoms with Gasteiger partial charge in [-0.2, -0.15) is 0 Å². The molecule has 0 atom stereocenters. The third kappa shape index (κ3) is 4.33. The lowest BCUT2D eigenvalue weighted by molar-refractivity contribution is 0.00663. The van der Waals surface area contributed by atoms with Crippen LogP contribution in [-0.2, 0) is 4.74 Å². The van der Waals surface area contributed by atoms with Crippen LogP contribution in [0.5, 0.6) is 0 Å². The lowest BCUT2D eigenvalue weighted by Gasteiger charge is -2.33. The number of rotatable bonds is 2. The van der Waals surface area contributed by atoms with Gasteiger partial charge in [0.2, 0.25) is 0 Å². The molecule has 0 N–H and O–H groups in total. The second-order valence-corrected chi connectivity index (χ2v) is 8.16. The van der Waals surface area contributed by atoms with Gasteiger partial charge in [0.25, 0.3) is 0 Å². The number of carbonyl (C=O) groups excluding carboxylic acids is 1. The summed E-state index contributed by atoms with van der Waals surface area (Å²) in [5.41, 5.74) is 2.19. The molecule has 1 aromatic rings. The molecular formula is C20H29FO2. The molecule has 2 nitrogen and oxygen atoms in total. The van der Waals surface area contributed by atoms with Gasteiger partial charge in [-0.15, -0.1) is 0 Å². The standard InChI is InChI=1S/C20H29FO2/c1-13-7-8-16(15-9-11-20(6,21)12-10-15)17(14(13)2)18(22)23-19(3,4)5/h7-8,15H,9-12H2,1-6H3.